The fourth-order valence-electron chi connectivity index (χ4n) is 2.44. The molecule has 27 heavy (non-hydrogen) atoms. The van der Waals surface area contributed by atoms with Crippen LogP contribution in [0.3, 0.4) is 0 Å². The second-order valence-electron chi connectivity index (χ2n) is 6.12. The molecule has 2 heterocycles. The maximum Gasteiger partial charge on any atom is 0.206 e. The van der Waals surface area contributed by atoms with Crippen LogP contribution >= 0.6 is 11.3 Å². The second kappa shape index (κ2) is 8.60. The van der Waals surface area contributed by atoms with Crippen LogP contribution in [0.4, 0.5) is 0 Å². The molecule has 3 aromatic rings. The summed E-state index contributed by atoms with van der Waals surface area (Å²) < 4.78 is 7.13. The van der Waals surface area contributed by atoms with E-state index in [1.54, 1.807) is 24.6 Å². The first kappa shape index (κ1) is 18.8. The van der Waals surface area contributed by atoms with Crippen LogP contribution in [0.15, 0.2) is 76.3 Å². The predicted octanol–water partition coefficient (Wildman–Crippen LogP) is 4.37. The van der Waals surface area contributed by atoms with E-state index in [1.165, 1.54) is 0 Å². The number of ether oxygens (including phenoxy) is 1. The molecule has 0 aliphatic rings. The lowest BCUT2D eigenvalue weighted by molar-refractivity contribution is 0.415. The van der Waals surface area contributed by atoms with E-state index in [0.717, 1.165) is 38.8 Å². The number of rotatable bonds is 6. The molecule has 0 aliphatic heterocycles. The Bertz CT molecular complexity index is 1010. The summed E-state index contributed by atoms with van der Waals surface area (Å²) in [6.07, 6.45) is 1.77. The Hall–Kier alpha value is -2.99. The van der Waals surface area contributed by atoms with Crippen molar-refractivity contribution in [2.45, 2.75) is 13.8 Å². The molecular weight excluding hydrogens is 356 g/mol. The van der Waals surface area contributed by atoms with Crippen LogP contribution in [0, 0.1) is 0 Å². The minimum absolute atomic E-state index is 0.570. The molecule has 0 N–H and O–H groups in total. The Morgan fingerprint density at radius 1 is 1.19 bits per heavy atom. The van der Waals surface area contributed by atoms with Crippen molar-refractivity contribution in [2.24, 2.45) is 10.1 Å². The second-order valence-corrected chi connectivity index (χ2v) is 6.95. The fourth-order valence-corrected chi connectivity index (χ4v) is 3.28. The van der Waals surface area contributed by atoms with Crippen LogP contribution < -0.4 is 9.54 Å². The van der Waals surface area contributed by atoms with Gasteiger partial charge in [-0.1, -0.05) is 18.2 Å². The van der Waals surface area contributed by atoms with Crippen molar-refractivity contribution in [3.8, 4) is 17.0 Å². The highest BCUT2D eigenvalue weighted by molar-refractivity contribution is 7.07. The van der Waals surface area contributed by atoms with Gasteiger partial charge in [0.2, 0.25) is 4.80 Å². The first-order valence-electron chi connectivity index (χ1n) is 8.55. The van der Waals surface area contributed by atoms with Crippen molar-refractivity contribution in [1.82, 2.24) is 9.66 Å². The van der Waals surface area contributed by atoms with Crippen molar-refractivity contribution in [1.29, 1.82) is 0 Å². The van der Waals surface area contributed by atoms with Crippen LogP contribution in [0.25, 0.3) is 11.3 Å². The smallest absolute Gasteiger partial charge is 0.206 e. The quantitative estimate of drug-likeness (QED) is 0.472. The summed E-state index contributed by atoms with van der Waals surface area (Å²) in [7, 11) is 1.66. The lowest BCUT2D eigenvalue weighted by Gasteiger charge is -2.07. The van der Waals surface area contributed by atoms with E-state index in [-0.39, 0.29) is 0 Å². The van der Waals surface area contributed by atoms with E-state index in [9.17, 15) is 0 Å². The molecule has 0 spiro atoms. The van der Waals surface area contributed by atoms with Crippen molar-refractivity contribution >= 4 is 17.0 Å². The average Bonchev–Trinajstić information content (AvgIpc) is 3.09. The van der Waals surface area contributed by atoms with E-state index >= 15 is 0 Å². The lowest BCUT2D eigenvalue weighted by Crippen LogP contribution is -2.15. The summed E-state index contributed by atoms with van der Waals surface area (Å²) in [5.74, 6) is 0.820. The molecule has 0 amide bonds. The summed E-state index contributed by atoms with van der Waals surface area (Å²) >= 11 is 1.56. The van der Waals surface area contributed by atoms with E-state index in [4.69, 9.17) is 9.84 Å². The summed E-state index contributed by atoms with van der Waals surface area (Å²) in [4.78, 5) is 9.87. The molecule has 0 fully saturated rings. The summed E-state index contributed by atoms with van der Waals surface area (Å²) in [5.41, 5.74) is 4.68. The molecule has 0 atom stereocenters. The van der Waals surface area contributed by atoms with E-state index in [2.05, 4.69) is 21.9 Å². The highest BCUT2D eigenvalue weighted by Gasteiger charge is 2.09. The third kappa shape index (κ3) is 4.60. The summed E-state index contributed by atoms with van der Waals surface area (Å²) in [6, 6.07) is 13.7. The van der Waals surface area contributed by atoms with Gasteiger partial charge in [-0.05, 0) is 50.2 Å². The number of aromatic nitrogens is 2. The van der Waals surface area contributed by atoms with Crippen molar-refractivity contribution < 1.29 is 4.74 Å². The Kier molecular flexibility index (Phi) is 5.98. The van der Waals surface area contributed by atoms with E-state index < -0.39 is 0 Å². The molecule has 0 saturated heterocycles. The number of thiazole rings is 1. The molecule has 2 aromatic heterocycles. The zero-order chi connectivity index (χ0) is 19.2. The highest BCUT2D eigenvalue weighted by atomic mass is 32.1. The van der Waals surface area contributed by atoms with Crippen molar-refractivity contribution in [3.05, 3.63) is 76.7 Å². The minimum atomic E-state index is 0.570. The molecule has 0 unspecified atom stereocenters. The molecule has 138 valence electrons. The lowest BCUT2D eigenvalue weighted by atomic mass is 10.2. The molecular formula is C21H22N4OS. The van der Waals surface area contributed by atoms with Gasteiger partial charge in [0.25, 0.3) is 0 Å². The molecule has 0 saturated carbocycles. The molecule has 0 aliphatic carbocycles. The molecule has 6 heteroatoms. The number of pyridine rings is 1. The van der Waals surface area contributed by atoms with Crippen LogP contribution in [0.1, 0.15) is 19.5 Å². The monoisotopic (exact) mass is 378 g/mol. The SMILES string of the molecule is C=C(C)CN=c1scc(-c2ccc(OC)cc2)n1N=C(C)c1ccccn1. The van der Waals surface area contributed by atoms with Crippen LogP contribution in [-0.2, 0) is 0 Å². The Morgan fingerprint density at radius 3 is 2.59 bits per heavy atom. The van der Waals surface area contributed by atoms with Crippen molar-refractivity contribution in [2.75, 3.05) is 13.7 Å². The molecule has 3 rings (SSSR count). The number of hydrogen-bond donors (Lipinski definition) is 0. The Labute approximate surface area is 163 Å². The number of nitrogens with zero attached hydrogens (tertiary/aromatic N) is 4. The van der Waals surface area contributed by atoms with E-state index in [0.29, 0.717) is 6.54 Å². The normalized spacial score (nSPS) is 12.3. The zero-order valence-corrected chi connectivity index (χ0v) is 16.5. The maximum atomic E-state index is 5.26. The minimum Gasteiger partial charge on any atom is -0.497 e. The van der Waals surface area contributed by atoms with E-state index in [1.807, 2.05) is 61.0 Å². The van der Waals surface area contributed by atoms with Crippen molar-refractivity contribution in [3.63, 3.8) is 0 Å². The fraction of sp³-hybridized carbons (Fsp3) is 0.190. The molecule has 1 aromatic carbocycles. The van der Waals surface area contributed by atoms with Crippen LogP contribution in [-0.4, -0.2) is 29.0 Å². The Morgan fingerprint density at radius 2 is 1.96 bits per heavy atom. The van der Waals surface area contributed by atoms with Gasteiger partial charge in [-0.25, -0.2) is 4.68 Å². The van der Waals surface area contributed by atoms with Crippen LogP contribution in [0.5, 0.6) is 5.75 Å². The standard InChI is InChI=1S/C21H22N4OS/c1-15(2)13-23-21-25(24-16(3)19-7-5-6-12-22-19)20(14-27-21)17-8-10-18(26-4)11-9-17/h5-12,14H,1,13H2,2-4H3. The van der Waals surface area contributed by atoms with Gasteiger partial charge in [0, 0.05) is 17.1 Å². The van der Waals surface area contributed by atoms with Gasteiger partial charge in [-0.15, -0.1) is 11.3 Å². The summed E-state index contributed by atoms with van der Waals surface area (Å²) in [5, 5.41) is 6.88. The molecule has 5 nitrogen and oxygen atoms in total. The number of methoxy groups -OCH3 is 1. The topological polar surface area (TPSA) is 51.8 Å². The van der Waals surface area contributed by atoms with Gasteiger partial charge in [-0.2, -0.15) is 5.10 Å². The van der Waals surface area contributed by atoms with Gasteiger partial charge >= 0.3 is 0 Å². The van der Waals surface area contributed by atoms with Crippen LogP contribution in [0.2, 0.25) is 0 Å². The zero-order valence-electron chi connectivity index (χ0n) is 15.7. The number of benzene rings is 1. The molecule has 0 radical (unpaired) electrons. The third-order valence-electron chi connectivity index (χ3n) is 3.84. The predicted molar refractivity (Wildman–Crippen MR) is 111 cm³/mol. The van der Waals surface area contributed by atoms with Gasteiger partial charge in [0.05, 0.1) is 30.8 Å². The van der Waals surface area contributed by atoms with Gasteiger partial charge < -0.3 is 4.74 Å². The largest absolute Gasteiger partial charge is 0.497 e. The molecule has 0 bridgehead atoms. The Balaban J connectivity index is 2.11. The maximum absolute atomic E-state index is 5.26. The van der Waals surface area contributed by atoms with Gasteiger partial charge in [0.1, 0.15) is 5.75 Å². The highest BCUT2D eigenvalue weighted by Crippen LogP contribution is 2.23. The first-order chi connectivity index (χ1) is 13.1. The average molecular weight is 379 g/mol. The summed E-state index contributed by atoms with van der Waals surface area (Å²) in [6.45, 7) is 8.42. The first-order valence-corrected chi connectivity index (χ1v) is 9.43. The van der Waals surface area contributed by atoms with Gasteiger partial charge in [0.15, 0.2) is 0 Å². The number of hydrogen-bond acceptors (Lipinski definition) is 5. The third-order valence-corrected chi connectivity index (χ3v) is 4.69. The van der Waals surface area contributed by atoms with Gasteiger partial charge in [-0.3, -0.25) is 9.98 Å².